The molecule has 0 aliphatic heterocycles. The first-order valence-corrected chi connectivity index (χ1v) is 6.25. The normalized spacial score (nSPS) is 12.1. The van der Waals surface area contributed by atoms with Crippen molar-refractivity contribution >= 4 is 6.09 Å². The van der Waals surface area contributed by atoms with Gasteiger partial charge in [0.15, 0.2) is 5.69 Å². The van der Waals surface area contributed by atoms with Crippen LogP contribution in [0.3, 0.4) is 0 Å². The molecule has 6 nitrogen and oxygen atoms in total. The zero-order valence-corrected chi connectivity index (χ0v) is 12.6. The number of amides is 1. The third kappa shape index (κ3) is 3.52. The molecule has 0 aromatic carbocycles. The summed E-state index contributed by atoms with van der Waals surface area (Å²) in [4.78, 5) is 28.6. The van der Waals surface area contributed by atoms with Gasteiger partial charge in [0.1, 0.15) is 7.11 Å². The molecule has 0 radical (unpaired) electrons. The van der Waals surface area contributed by atoms with Gasteiger partial charge >= 0.3 is 12.3 Å². The van der Waals surface area contributed by atoms with Crippen LogP contribution in [0.5, 0.6) is 0 Å². The van der Waals surface area contributed by atoms with E-state index in [0.717, 1.165) is 24.1 Å². The van der Waals surface area contributed by atoms with Crippen LogP contribution in [0.15, 0.2) is 16.9 Å². The summed E-state index contributed by atoms with van der Waals surface area (Å²) in [5.74, 6) is 0. The van der Waals surface area contributed by atoms with Gasteiger partial charge in [-0.3, -0.25) is 4.79 Å². The summed E-state index contributed by atoms with van der Waals surface area (Å²) in [5.41, 5.74) is -3.15. The van der Waals surface area contributed by atoms with E-state index in [0.29, 0.717) is 0 Å². The lowest BCUT2D eigenvalue weighted by molar-refractivity contribution is -0.151. The van der Waals surface area contributed by atoms with Crippen molar-refractivity contribution in [3.05, 3.63) is 33.7 Å². The van der Waals surface area contributed by atoms with E-state index in [1.807, 2.05) is 0 Å². The molecule has 1 rings (SSSR count). The van der Waals surface area contributed by atoms with E-state index in [1.165, 1.54) is 7.05 Å². The molecule has 0 aliphatic carbocycles. The highest BCUT2D eigenvalue weighted by Crippen LogP contribution is 2.28. The molecule has 9 heteroatoms. The summed E-state index contributed by atoms with van der Waals surface area (Å²) in [6, 6.07) is 1.77. The Morgan fingerprint density at radius 3 is 2.32 bits per heavy atom. The monoisotopic (exact) mass is 322 g/mol. The highest BCUT2D eigenvalue weighted by molar-refractivity contribution is 5.65. The van der Waals surface area contributed by atoms with Crippen LogP contribution in [-0.4, -0.2) is 40.5 Å². The van der Waals surface area contributed by atoms with Crippen molar-refractivity contribution in [1.29, 1.82) is 0 Å². The van der Waals surface area contributed by atoms with Gasteiger partial charge in [-0.05, 0) is 19.9 Å². The second kappa shape index (κ2) is 5.90. The maximum Gasteiger partial charge on any atom is 0.434 e. The van der Waals surface area contributed by atoms with Gasteiger partial charge in [0.25, 0.3) is 5.56 Å². The molecule has 1 aromatic rings. The fourth-order valence-electron chi connectivity index (χ4n) is 1.93. The number of hydrogen-bond donors (Lipinski definition) is 1. The Bertz CT molecular complexity index is 623. The number of rotatable bonds is 4. The largest absolute Gasteiger partial charge is 0.465 e. The molecule has 0 unspecified atom stereocenters. The third-order valence-corrected chi connectivity index (χ3v) is 3.41. The van der Waals surface area contributed by atoms with Crippen LogP contribution in [0.25, 0.3) is 0 Å². The van der Waals surface area contributed by atoms with Gasteiger partial charge in [-0.1, -0.05) is 6.07 Å². The SMILES string of the molecule is COn1c(C(F)(F)F)ccc(CC(C)(C)N(C)C(=O)O)c1=O. The van der Waals surface area contributed by atoms with Gasteiger partial charge in [-0.25, -0.2) is 4.79 Å². The van der Waals surface area contributed by atoms with Crippen LogP contribution in [-0.2, 0) is 12.6 Å². The minimum Gasteiger partial charge on any atom is -0.465 e. The van der Waals surface area contributed by atoms with Gasteiger partial charge in [-0.15, -0.1) is 4.73 Å². The molecule has 124 valence electrons. The Hall–Kier alpha value is -2.19. The van der Waals surface area contributed by atoms with Gasteiger partial charge in [0.2, 0.25) is 0 Å². The second-order valence-electron chi connectivity index (χ2n) is 5.35. The molecule has 0 bridgehead atoms. The van der Waals surface area contributed by atoms with Gasteiger partial charge in [-0.2, -0.15) is 13.2 Å². The molecule has 0 saturated carbocycles. The number of alkyl halides is 3. The molecule has 1 aromatic heterocycles. The van der Waals surface area contributed by atoms with E-state index in [1.54, 1.807) is 13.8 Å². The summed E-state index contributed by atoms with van der Waals surface area (Å²) in [7, 11) is 2.27. The number of hydrogen-bond acceptors (Lipinski definition) is 3. The third-order valence-electron chi connectivity index (χ3n) is 3.41. The van der Waals surface area contributed by atoms with Crippen molar-refractivity contribution in [2.45, 2.75) is 32.0 Å². The first-order valence-electron chi connectivity index (χ1n) is 6.25. The first kappa shape index (κ1) is 17.9. The van der Waals surface area contributed by atoms with Gasteiger partial charge in [0, 0.05) is 24.6 Å². The number of carboxylic acid groups (broad SMARTS) is 1. The number of pyridine rings is 1. The van der Waals surface area contributed by atoms with Crippen LogP contribution >= 0.6 is 0 Å². The molecule has 0 saturated heterocycles. The first-order chi connectivity index (χ1) is 9.91. The lowest BCUT2D eigenvalue weighted by Crippen LogP contribution is -2.47. The minimum absolute atomic E-state index is 0.0212. The standard InChI is InChI=1S/C13H17F3N2O4/c1-12(2,17(3)11(20)21)7-8-5-6-9(13(14,15)16)18(22-4)10(8)19/h5-6H,7H2,1-4H3,(H,20,21). The number of likely N-dealkylation sites (N-methyl/N-ethyl adjacent to an activating group) is 1. The van der Waals surface area contributed by atoms with Crippen molar-refractivity contribution in [2.24, 2.45) is 0 Å². The Morgan fingerprint density at radius 1 is 1.36 bits per heavy atom. The average molecular weight is 322 g/mol. The molecular formula is C13H17F3N2O4. The highest BCUT2D eigenvalue weighted by Gasteiger charge is 2.36. The van der Waals surface area contributed by atoms with E-state index >= 15 is 0 Å². The number of halogens is 3. The average Bonchev–Trinajstić information content (AvgIpc) is 2.38. The number of carbonyl (C=O) groups is 1. The Labute approximate surface area is 124 Å². The molecule has 0 fully saturated rings. The zero-order valence-electron chi connectivity index (χ0n) is 12.6. The molecule has 1 N–H and O–H groups in total. The summed E-state index contributed by atoms with van der Waals surface area (Å²) in [6.07, 6.45) is -6.00. The Morgan fingerprint density at radius 2 is 1.91 bits per heavy atom. The van der Waals surface area contributed by atoms with Crippen molar-refractivity contribution in [1.82, 2.24) is 9.63 Å². The van der Waals surface area contributed by atoms with E-state index in [2.05, 4.69) is 4.84 Å². The predicted molar refractivity (Wildman–Crippen MR) is 71.8 cm³/mol. The van der Waals surface area contributed by atoms with E-state index in [-0.39, 0.29) is 16.7 Å². The van der Waals surface area contributed by atoms with Crippen molar-refractivity contribution in [2.75, 3.05) is 14.2 Å². The van der Waals surface area contributed by atoms with Crippen molar-refractivity contribution < 1.29 is 27.9 Å². The topological polar surface area (TPSA) is 71.8 Å². The fourth-order valence-corrected chi connectivity index (χ4v) is 1.93. The summed E-state index contributed by atoms with van der Waals surface area (Å²) >= 11 is 0. The minimum atomic E-state index is -4.74. The van der Waals surface area contributed by atoms with Crippen molar-refractivity contribution in [3.63, 3.8) is 0 Å². The lowest BCUT2D eigenvalue weighted by atomic mass is 9.94. The molecule has 1 amide bonds. The van der Waals surface area contributed by atoms with Crippen LogP contribution in [0, 0.1) is 0 Å². The molecule has 1 heterocycles. The molecule has 0 spiro atoms. The number of nitrogens with zero attached hydrogens (tertiary/aromatic N) is 2. The quantitative estimate of drug-likeness (QED) is 0.918. The molecule has 0 atom stereocenters. The Kier molecular flexibility index (Phi) is 4.79. The van der Waals surface area contributed by atoms with Crippen molar-refractivity contribution in [3.8, 4) is 0 Å². The summed E-state index contributed by atoms with van der Waals surface area (Å²) < 4.78 is 38.5. The van der Waals surface area contributed by atoms with Crippen LogP contribution in [0.4, 0.5) is 18.0 Å². The van der Waals surface area contributed by atoms with E-state index in [4.69, 9.17) is 5.11 Å². The summed E-state index contributed by atoms with van der Waals surface area (Å²) in [6.45, 7) is 3.13. The molecule has 22 heavy (non-hydrogen) atoms. The predicted octanol–water partition coefficient (Wildman–Crippen LogP) is 1.86. The van der Waals surface area contributed by atoms with Crippen LogP contribution in [0.2, 0.25) is 0 Å². The zero-order chi connectivity index (χ0) is 17.3. The maximum absolute atomic E-state index is 12.8. The van der Waals surface area contributed by atoms with E-state index in [9.17, 15) is 22.8 Å². The fraction of sp³-hybridized carbons (Fsp3) is 0.538. The summed E-state index contributed by atoms with van der Waals surface area (Å²) in [5, 5.41) is 8.99. The van der Waals surface area contributed by atoms with E-state index < -0.39 is 29.1 Å². The van der Waals surface area contributed by atoms with Gasteiger partial charge in [0.05, 0.1) is 0 Å². The second-order valence-corrected chi connectivity index (χ2v) is 5.35. The van der Waals surface area contributed by atoms with Crippen LogP contribution in [0.1, 0.15) is 25.1 Å². The molecular weight excluding hydrogens is 305 g/mol. The smallest absolute Gasteiger partial charge is 0.434 e. The van der Waals surface area contributed by atoms with Crippen LogP contribution < -0.4 is 10.4 Å². The Balaban J connectivity index is 3.30. The number of aromatic nitrogens is 1. The maximum atomic E-state index is 12.8. The van der Waals surface area contributed by atoms with Gasteiger partial charge < -0.3 is 14.8 Å². The highest BCUT2D eigenvalue weighted by atomic mass is 19.4. The lowest BCUT2D eigenvalue weighted by Gasteiger charge is -2.33. The molecule has 0 aliphatic rings.